The Bertz CT molecular complexity index is 788. The van der Waals surface area contributed by atoms with Crippen molar-refractivity contribution < 1.29 is 18.8 Å². The molecule has 3 amide bonds. The molecular formula is C16H14FN3O3. The number of hydrogen-bond acceptors (Lipinski definition) is 3. The van der Waals surface area contributed by atoms with E-state index in [1.54, 1.807) is 24.4 Å². The van der Waals surface area contributed by atoms with Gasteiger partial charge in [-0.2, -0.15) is 0 Å². The molecule has 2 aromatic rings. The molecule has 23 heavy (non-hydrogen) atoms. The molecular weight excluding hydrogens is 301 g/mol. The minimum atomic E-state index is -1.53. The first-order valence-corrected chi connectivity index (χ1v) is 6.99. The SMILES string of the molecule is CC1(c2ccccc2F)NC(=O)N(CC(=O)c2ccc[nH]2)C1=O. The summed E-state index contributed by atoms with van der Waals surface area (Å²) in [6.45, 7) is 1.01. The minimum absolute atomic E-state index is 0.0631. The number of rotatable bonds is 4. The monoisotopic (exact) mass is 315 g/mol. The Morgan fingerprint density at radius 2 is 1.96 bits per heavy atom. The molecule has 0 aliphatic carbocycles. The second-order valence-corrected chi connectivity index (χ2v) is 5.43. The van der Waals surface area contributed by atoms with Crippen molar-refractivity contribution in [2.24, 2.45) is 0 Å². The zero-order valence-corrected chi connectivity index (χ0v) is 12.3. The summed E-state index contributed by atoms with van der Waals surface area (Å²) in [4.78, 5) is 40.3. The predicted octanol–water partition coefficient (Wildman–Crippen LogP) is 1.80. The maximum atomic E-state index is 14.0. The van der Waals surface area contributed by atoms with Crippen molar-refractivity contribution in [3.05, 3.63) is 59.7 Å². The summed E-state index contributed by atoms with van der Waals surface area (Å²) in [5.41, 5.74) is -1.17. The van der Waals surface area contributed by atoms with Gasteiger partial charge in [-0.25, -0.2) is 9.18 Å². The fraction of sp³-hybridized carbons (Fsp3) is 0.188. The molecule has 1 aliphatic heterocycles. The number of aromatic nitrogens is 1. The molecule has 0 saturated carbocycles. The Morgan fingerprint density at radius 1 is 1.22 bits per heavy atom. The molecule has 0 bridgehead atoms. The van der Waals surface area contributed by atoms with E-state index in [1.165, 1.54) is 25.1 Å². The third kappa shape index (κ3) is 2.40. The summed E-state index contributed by atoms with van der Waals surface area (Å²) < 4.78 is 14.0. The highest BCUT2D eigenvalue weighted by Crippen LogP contribution is 2.30. The number of nitrogens with one attached hydrogen (secondary N) is 2. The van der Waals surface area contributed by atoms with Gasteiger partial charge in [-0.3, -0.25) is 14.5 Å². The Labute approximate surface area is 131 Å². The number of nitrogens with zero attached hydrogens (tertiary/aromatic N) is 1. The third-order valence-electron chi connectivity index (χ3n) is 3.89. The molecule has 7 heteroatoms. The highest BCUT2D eigenvalue weighted by Gasteiger charge is 2.50. The second-order valence-electron chi connectivity index (χ2n) is 5.43. The van der Waals surface area contributed by atoms with Gasteiger partial charge in [0.15, 0.2) is 5.78 Å². The first-order chi connectivity index (χ1) is 10.9. The van der Waals surface area contributed by atoms with Gasteiger partial charge in [0.05, 0.1) is 12.2 Å². The summed E-state index contributed by atoms with van der Waals surface area (Å²) in [6.07, 6.45) is 1.57. The lowest BCUT2D eigenvalue weighted by Gasteiger charge is -2.22. The van der Waals surface area contributed by atoms with E-state index < -0.39 is 35.6 Å². The van der Waals surface area contributed by atoms with Gasteiger partial charge in [0, 0.05) is 11.8 Å². The van der Waals surface area contributed by atoms with Crippen molar-refractivity contribution in [2.45, 2.75) is 12.5 Å². The Hall–Kier alpha value is -2.96. The molecule has 6 nitrogen and oxygen atoms in total. The number of hydrogen-bond donors (Lipinski definition) is 2. The van der Waals surface area contributed by atoms with Crippen molar-refractivity contribution in [2.75, 3.05) is 6.54 Å². The van der Waals surface area contributed by atoms with Crippen molar-refractivity contribution in [1.82, 2.24) is 15.2 Å². The lowest BCUT2D eigenvalue weighted by Crippen LogP contribution is -2.42. The van der Waals surface area contributed by atoms with E-state index in [2.05, 4.69) is 10.3 Å². The van der Waals surface area contributed by atoms with E-state index in [4.69, 9.17) is 0 Å². The summed E-state index contributed by atoms with van der Waals surface area (Å²) in [5.74, 6) is -1.66. The van der Waals surface area contributed by atoms with Crippen molar-refractivity contribution in [3.8, 4) is 0 Å². The van der Waals surface area contributed by atoms with Gasteiger partial charge in [-0.05, 0) is 25.1 Å². The minimum Gasteiger partial charge on any atom is -0.359 e. The van der Waals surface area contributed by atoms with Gasteiger partial charge in [-0.1, -0.05) is 18.2 Å². The van der Waals surface area contributed by atoms with Crippen LogP contribution in [0.2, 0.25) is 0 Å². The maximum absolute atomic E-state index is 14.0. The second kappa shape index (κ2) is 5.35. The van der Waals surface area contributed by atoms with Crippen LogP contribution in [0.5, 0.6) is 0 Å². The summed E-state index contributed by atoms with van der Waals surface area (Å²) in [6, 6.07) is 8.20. The van der Waals surface area contributed by atoms with Crippen LogP contribution in [0.1, 0.15) is 23.0 Å². The summed E-state index contributed by atoms with van der Waals surface area (Å²) >= 11 is 0. The number of Topliss-reactive ketones (excluding diaryl/α,β-unsaturated/α-hetero) is 1. The molecule has 118 valence electrons. The number of ketones is 1. The standard InChI is InChI=1S/C16H14FN3O3/c1-16(10-5-2-3-6-11(10)17)14(22)20(15(23)19-16)9-13(21)12-7-4-8-18-12/h2-8,18H,9H2,1H3,(H,19,23). The molecule has 0 spiro atoms. The van der Waals surface area contributed by atoms with Crippen LogP contribution in [0, 0.1) is 5.82 Å². The number of imide groups is 1. The highest BCUT2D eigenvalue weighted by molar-refractivity contribution is 6.10. The largest absolute Gasteiger partial charge is 0.359 e. The molecule has 0 radical (unpaired) electrons. The lowest BCUT2D eigenvalue weighted by atomic mass is 9.91. The van der Waals surface area contributed by atoms with Gasteiger partial charge in [0.25, 0.3) is 5.91 Å². The number of carbonyl (C=O) groups excluding carboxylic acids is 3. The summed E-state index contributed by atoms with van der Waals surface area (Å²) in [5, 5.41) is 2.47. The smallest absolute Gasteiger partial charge is 0.325 e. The maximum Gasteiger partial charge on any atom is 0.325 e. The van der Waals surface area contributed by atoms with Crippen molar-refractivity contribution in [3.63, 3.8) is 0 Å². The Kier molecular flexibility index (Phi) is 3.48. The van der Waals surface area contributed by atoms with E-state index in [-0.39, 0.29) is 5.56 Å². The number of halogens is 1. The average molecular weight is 315 g/mol. The molecule has 3 rings (SSSR count). The molecule has 1 aromatic heterocycles. The van der Waals surface area contributed by atoms with Crippen LogP contribution in [-0.4, -0.2) is 34.2 Å². The molecule has 1 saturated heterocycles. The van der Waals surface area contributed by atoms with Crippen LogP contribution in [-0.2, 0) is 10.3 Å². The third-order valence-corrected chi connectivity index (χ3v) is 3.89. The van der Waals surface area contributed by atoms with Crippen LogP contribution in [0.25, 0.3) is 0 Å². The first-order valence-electron chi connectivity index (χ1n) is 6.99. The van der Waals surface area contributed by atoms with Crippen molar-refractivity contribution >= 4 is 17.7 Å². The van der Waals surface area contributed by atoms with Gasteiger partial charge in [0.1, 0.15) is 11.4 Å². The number of aromatic amines is 1. The van der Waals surface area contributed by atoms with Crippen LogP contribution >= 0.6 is 0 Å². The van der Waals surface area contributed by atoms with E-state index in [0.29, 0.717) is 5.69 Å². The fourth-order valence-electron chi connectivity index (χ4n) is 2.62. The lowest BCUT2D eigenvalue weighted by molar-refractivity contribution is -0.130. The average Bonchev–Trinajstić information content (AvgIpc) is 3.12. The van der Waals surface area contributed by atoms with Gasteiger partial charge < -0.3 is 10.3 Å². The highest BCUT2D eigenvalue weighted by atomic mass is 19.1. The molecule has 1 aliphatic rings. The number of urea groups is 1. The quantitative estimate of drug-likeness (QED) is 0.667. The molecule has 1 aromatic carbocycles. The van der Waals surface area contributed by atoms with Crippen LogP contribution in [0.15, 0.2) is 42.6 Å². The Balaban J connectivity index is 1.88. The van der Waals surface area contributed by atoms with E-state index in [1.807, 2.05) is 0 Å². The van der Waals surface area contributed by atoms with Crippen LogP contribution < -0.4 is 5.32 Å². The zero-order chi connectivity index (χ0) is 16.6. The van der Waals surface area contributed by atoms with Gasteiger partial charge in [-0.15, -0.1) is 0 Å². The van der Waals surface area contributed by atoms with E-state index >= 15 is 0 Å². The fourth-order valence-corrected chi connectivity index (χ4v) is 2.62. The molecule has 1 fully saturated rings. The normalized spacial score (nSPS) is 20.7. The number of amides is 3. The molecule has 2 N–H and O–H groups in total. The van der Waals surface area contributed by atoms with Gasteiger partial charge in [0.2, 0.25) is 0 Å². The van der Waals surface area contributed by atoms with E-state index in [9.17, 15) is 18.8 Å². The van der Waals surface area contributed by atoms with Crippen LogP contribution in [0.3, 0.4) is 0 Å². The molecule has 2 heterocycles. The summed E-state index contributed by atoms with van der Waals surface area (Å²) in [7, 11) is 0. The van der Waals surface area contributed by atoms with Crippen LogP contribution in [0.4, 0.5) is 9.18 Å². The zero-order valence-electron chi connectivity index (χ0n) is 12.3. The molecule has 1 atom stereocenters. The Morgan fingerprint density at radius 3 is 2.61 bits per heavy atom. The topological polar surface area (TPSA) is 82.3 Å². The molecule has 1 unspecified atom stereocenters. The predicted molar refractivity (Wildman–Crippen MR) is 79.1 cm³/mol. The van der Waals surface area contributed by atoms with Gasteiger partial charge >= 0.3 is 6.03 Å². The first kappa shape index (κ1) is 15.0. The number of benzene rings is 1. The van der Waals surface area contributed by atoms with E-state index in [0.717, 1.165) is 4.90 Å². The number of H-pyrrole nitrogens is 1. The number of carbonyl (C=O) groups is 3. The van der Waals surface area contributed by atoms with Crippen molar-refractivity contribution in [1.29, 1.82) is 0 Å².